The van der Waals surface area contributed by atoms with Gasteiger partial charge in [-0.3, -0.25) is 4.79 Å². The first-order valence-corrected chi connectivity index (χ1v) is 9.45. The molecule has 150 valence electrons. The average molecular weight is 385 g/mol. The summed E-state index contributed by atoms with van der Waals surface area (Å²) in [6, 6.07) is 3.76. The number of ether oxygens (including phenoxy) is 1. The summed E-state index contributed by atoms with van der Waals surface area (Å²) in [6.45, 7) is 7.55. The summed E-state index contributed by atoms with van der Waals surface area (Å²) in [5.41, 5.74) is 2.68. The maximum Gasteiger partial charge on any atom is 0.339 e. The van der Waals surface area contributed by atoms with Crippen molar-refractivity contribution in [2.45, 2.75) is 20.3 Å². The first-order valence-electron chi connectivity index (χ1n) is 9.45. The largest absolute Gasteiger partial charge is 0.465 e. The van der Waals surface area contributed by atoms with Crippen molar-refractivity contribution in [3.8, 4) is 0 Å². The Morgan fingerprint density at radius 1 is 1.25 bits per heavy atom. The van der Waals surface area contributed by atoms with Crippen LogP contribution in [0.5, 0.6) is 0 Å². The number of pyridine rings is 1. The molecule has 8 nitrogen and oxygen atoms in total. The number of amides is 1. The SMILES string of the molecule is CCc1[nH]c(C(=O)Nc2ccc(N3CCN(C)CC3)nc2)c(C)c1C(=O)OC. The van der Waals surface area contributed by atoms with E-state index in [2.05, 4.69) is 32.1 Å². The minimum Gasteiger partial charge on any atom is -0.465 e. The second kappa shape index (κ2) is 8.43. The Morgan fingerprint density at radius 2 is 1.96 bits per heavy atom. The molecule has 0 atom stereocenters. The molecular weight excluding hydrogens is 358 g/mol. The third-order valence-electron chi connectivity index (χ3n) is 5.13. The van der Waals surface area contributed by atoms with Crippen LogP contribution in [-0.4, -0.2) is 67.1 Å². The van der Waals surface area contributed by atoms with E-state index in [1.165, 1.54) is 7.11 Å². The fourth-order valence-electron chi connectivity index (χ4n) is 3.41. The van der Waals surface area contributed by atoms with Crippen molar-refractivity contribution in [3.63, 3.8) is 0 Å². The normalized spacial score (nSPS) is 14.8. The number of piperazine rings is 1. The first-order chi connectivity index (χ1) is 13.4. The molecule has 1 amide bonds. The molecule has 1 fully saturated rings. The van der Waals surface area contributed by atoms with Crippen LogP contribution in [0.15, 0.2) is 18.3 Å². The zero-order valence-corrected chi connectivity index (χ0v) is 16.8. The van der Waals surface area contributed by atoms with Crippen molar-refractivity contribution in [1.29, 1.82) is 0 Å². The number of nitrogens with one attached hydrogen (secondary N) is 2. The second-order valence-electron chi connectivity index (χ2n) is 6.97. The quantitative estimate of drug-likeness (QED) is 0.766. The Balaban J connectivity index is 1.73. The van der Waals surface area contributed by atoms with Crippen molar-refractivity contribution in [1.82, 2.24) is 14.9 Å². The van der Waals surface area contributed by atoms with Crippen LogP contribution in [0.4, 0.5) is 11.5 Å². The van der Waals surface area contributed by atoms with Gasteiger partial charge >= 0.3 is 5.97 Å². The van der Waals surface area contributed by atoms with Gasteiger partial charge in [-0.2, -0.15) is 0 Å². The van der Waals surface area contributed by atoms with Crippen LogP contribution in [0, 0.1) is 6.92 Å². The second-order valence-corrected chi connectivity index (χ2v) is 6.97. The van der Waals surface area contributed by atoms with Gasteiger partial charge in [-0.25, -0.2) is 9.78 Å². The number of aromatic amines is 1. The number of hydrogen-bond donors (Lipinski definition) is 2. The van der Waals surface area contributed by atoms with Gasteiger partial charge < -0.3 is 24.8 Å². The van der Waals surface area contributed by atoms with Crippen LogP contribution in [0.25, 0.3) is 0 Å². The van der Waals surface area contributed by atoms with E-state index in [0.29, 0.717) is 34.6 Å². The highest BCUT2D eigenvalue weighted by Gasteiger charge is 2.24. The highest BCUT2D eigenvalue weighted by Crippen LogP contribution is 2.22. The number of carbonyl (C=O) groups excluding carboxylic acids is 2. The number of anilines is 2. The van der Waals surface area contributed by atoms with Crippen LogP contribution in [0.1, 0.15) is 39.0 Å². The van der Waals surface area contributed by atoms with E-state index >= 15 is 0 Å². The topological polar surface area (TPSA) is 90.6 Å². The predicted molar refractivity (Wildman–Crippen MR) is 108 cm³/mol. The van der Waals surface area contributed by atoms with E-state index in [4.69, 9.17) is 4.74 Å². The standard InChI is InChI=1S/C20H27N5O3/c1-5-15-17(20(27)28-4)13(2)18(23-15)19(26)22-14-6-7-16(21-12-14)25-10-8-24(3)9-11-25/h6-7,12,23H,5,8-11H2,1-4H3,(H,22,26). The summed E-state index contributed by atoms with van der Waals surface area (Å²) in [6.07, 6.45) is 2.26. The summed E-state index contributed by atoms with van der Waals surface area (Å²) < 4.78 is 4.84. The number of aromatic nitrogens is 2. The van der Waals surface area contributed by atoms with E-state index in [1.54, 1.807) is 13.1 Å². The van der Waals surface area contributed by atoms with Crippen molar-refractivity contribution in [2.24, 2.45) is 0 Å². The molecule has 0 aliphatic carbocycles. The number of nitrogens with zero attached hydrogens (tertiary/aromatic N) is 3. The summed E-state index contributed by atoms with van der Waals surface area (Å²) in [5.74, 6) is 0.155. The minimum atomic E-state index is -0.442. The molecule has 0 radical (unpaired) electrons. The summed E-state index contributed by atoms with van der Waals surface area (Å²) in [7, 11) is 3.45. The van der Waals surface area contributed by atoms with Gasteiger partial charge in [0, 0.05) is 31.9 Å². The van der Waals surface area contributed by atoms with E-state index in [0.717, 1.165) is 32.0 Å². The highest BCUT2D eigenvalue weighted by molar-refractivity contribution is 6.06. The lowest BCUT2D eigenvalue weighted by atomic mass is 10.1. The van der Waals surface area contributed by atoms with E-state index in [9.17, 15) is 9.59 Å². The average Bonchev–Trinajstić information content (AvgIpc) is 3.05. The molecule has 0 spiro atoms. The molecule has 2 aromatic heterocycles. The molecule has 0 unspecified atom stereocenters. The first kappa shape index (κ1) is 19.9. The Labute approximate surface area is 164 Å². The van der Waals surface area contributed by atoms with Crippen molar-refractivity contribution >= 4 is 23.4 Å². The maximum atomic E-state index is 12.7. The number of aryl methyl sites for hydroxylation is 1. The Morgan fingerprint density at radius 3 is 2.54 bits per heavy atom. The molecule has 3 heterocycles. The number of likely N-dealkylation sites (N-methyl/N-ethyl adjacent to an activating group) is 1. The lowest BCUT2D eigenvalue weighted by molar-refractivity contribution is 0.0599. The maximum absolute atomic E-state index is 12.7. The highest BCUT2D eigenvalue weighted by atomic mass is 16.5. The molecule has 1 aliphatic heterocycles. The van der Waals surface area contributed by atoms with Crippen LogP contribution >= 0.6 is 0 Å². The number of H-pyrrole nitrogens is 1. The van der Waals surface area contributed by atoms with Gasteiger partial charge in [0.25, 0.3) is 5.91 Å². The van der Waals surface area contributed by atoms with E-state index in [1.807, 2.05) is 19.1 Å². The summed E-state index contributed by atoms with van der Waals surface area (Å²) in [5, 5.41) is 2.85. The molecule has 28 heavy (non-hydrogen) atoms. The summed E-state index contributed by atoms with van der Waals surface area (Å²) in [4.78, 5) is 36.8. The fraction of sp³-hybridized carbons (Fsp3) is 0.450. The smallest absolute Gasteiger partial charge is 0.339 e. The van der Waals surface area contributed by atoms with Crippen LogP contribution < -0.4 is 10.2 Å². The van der Waals surface area contributed by atoms with Gasteiger partial charge in [-0.05, 0) is 38.1 Å². The third-order valence-corrected chi connectivity index (χ3v) is 5.13. The Bertz CT molecular complexity index is 851. The number of hydrogen-bond acceptors (Lipinski definition) is 6. The van der Waals surface area contributed by atoms with Gasteiger partial charge in [0.15, 0.2) is 0 Å². The molecule has 2 aromatic rings. The molecule has 8 heteroatoms. The number of rotatable bonds is 5. The number of methoxy groups -OCH3 is 1. The molecular formula is C20H27N5O3. The zero-order valence-electron chi connectivity index (χ0n) is 16.8. The van der Waals surface area contributed by atoms with Crippen LogP contribution in [0.2, 0.25) is 0 Å². The lowest BCUT2D eigenvalue weighted by Crippen LogP contribution is -2.44. The van der Waals surface area contributed by atoms with Crippen molar-refractivity contribution < 1.29 is 14.3 Å². The van der Waals surface area contributed by atoms with E-state index < -0.39 is 5.97 Å². The zero-order chi connectivity index (χ0) is 20.3. The van der Waals surface area contributed by atoms with Crippen LogP contribution in [0.3, 0.4) is 0 Å². The number of carbonyl (C=O) groups is 2. The molecule has 0 aromatic carbocycles. The Hall–Kier alpha value is -2.87. The molecule has 2 N–H and O–H groups in total. The molecule has 1 saturated heterocycles. The van der Waals surface area contributed by atoms with Crippen molar-refractivity contribution in [3.05, 3.63) is 40.8 Å². The van der Waals surface area contributed by atoms with Crippen molar-refractivity contribution in [2.75, 3.05) is 50.6 Å². The Kier molecular flexibility index (Phi) is 5.99. The van der Waals surface area contributed by atoms with Gasteiger partial charge in [0.05, 0.1) is 24.6 Å². The molecule has 1 aliphatic rings. The third kappa shape index (κ3) is 4.01. The van der Waals surface area contributed by atoms with Gasteiger partial charge in [-0.15, -0.1) is 0 Å². The fourth-order valence-corrected chi connectivity index (χ4v) is 3.41. The minimum absolute atomic E-state index is 0.309. The van der Waals surface area contributed by atoms with E-state index in [-0.39, 0.29) is 5.91 Å². The van der Waals surface area contributed by atoms with Gasteiger partial charge in [-0.1, -0.05) is 6.92 Å². The molecule has 3 rings (SSSR count). The molecule has 0 saturated carbocycles. The number of esters is 1. The monoisotopic (exact) mass is 385 g/mol. The van der Waals surface area contributed by atoms with Gasteiger partial charge in [0.1, 0.15) is 11.5 Å². The van der Waals surface area contributed by atoms with Crippen LogP contribution in [-0.2, 0) is 11.2 Å². The molecule has 0 bridgehead atoms. The van der Waals surface area contributed by atoms with Gasteiger partial charge in [0.2, 0.25) is 0 Å². The summed E-state index contributed by atoms with van der Waals surface area (Å²) >= 11 is 0. The predicted octanol–water partition coefficient (Wildman–Crippen LogP) is 2.07. The lowest BCUT2D eigenvalue weighted by Gasteiger charge is -2.33.